The van der Waals surface area contributed by atoms with Crippen LogP contribution in [0.25, 0.3) is 10.6 Å². The summed E-state index contributed by atoms with van der Waals surface area (Å²) in [5.41, 5.74) is 0.852. The number of hydrogen-bond donors (Lipinski definition) is 1. The summed E-state index contributed by atoms with van der Waals surface area (Å²) in [6, 6.07) is 5.24. The molecule has 0 radical (unpaired) electrons. The molecule has 72 valence electrons. The standard InChI is InChI=1S/C9H5Cl2NOS/c10-6-2-1-5(3-7(6)11)9-12-8(13)4-14-9/h1-4,13H. The van der Waals surface area contributed by atoms with E-state index in [1.165, 1.54) is 11.3 Å². The van der Waals surface area contributed by atoms with E-state index in [2.05, 4.69) is 4.98 Å². The zero-order valence-electron chi connectivity index (χ0n) is 6.87. The first kappa shape index (κ1) is 9.77. The van der Waals surface area contributed by atoms with Crippen molar-refractivity contribution in [3.05, 3.63) is 33.6 Å². The Morgan fingerprint density at radius 3 is 2.57 bits per heavy atom. The molecular weight excluding hydrogens is 241 g/mol. The second kappa shape index (κ2) is 3.77. The summed E-state index contributed by atoms with van der Waals surface area (Å²) in [4.78, 5) is 3.92. The van der Waals surface area contributed by atoms with Crippen molar-refractivity contribution in [2.75, 3.05) is 0 Å². The predicted octanol–water partition coefficient (Wildman–Crippen LogP) is 3.82. The van der Waals surface area contributed by atoms with Gasteiger partial charge in [0.25, 0.3) is 0 Å². The van der Waals surface area contributed by atoms with Crippen LogP contribution >= 0.6 is 34.5 Å². The minimum absolute atomic E-state index is 0.0241. The Labute approximate surface area is 94.7 Å². The van der Waals surface area contributed by atoms with Crippen molar-refractivity contribution in [1.29, 1.82) is 0 Å². The van der Waals surface area contributed by atoms with E-state index < -0.39 is 0 Å². The maximum Gasteiger partial charge on any atom is 0.222 e. The second-order valence-electron chi connectivity index (χ2n) is 2.64. The highest BCUT2D eigenvalue weighted by atomic mass is 35.5. The van der Waals surface area contributed by atoms with Crippen LogP contribution in [0.4, 0.5) is 0 Å². The third-order valence-electron chi connectivity index (χ3n) is 1.66. The molecule has 1 aromatic carbocycles. The van der Waals surface area contributed by atoms with Gasteiger partial charge < -0.3 is 5.11 Å². The highest BCUT2D eigenvalue weighted by molar-refractivity contribution is 7.13. The Morgan fingerprint density at radius 1 is 1.21 bits per heavy atom. The molecule has 0 aliphatic carbocycles. The number of aromatic hydroxyl groups is 1. The first-order chi connectivity index (χ1) is 6.66. The summed E-state index contributed by atoms with van der Waals surface area (Å²) in [7, 11) is 0. The molecule has 0 aliphatic rings. The molecule has 0 fully saturated rings. The fraction of sp³-hybridized carbons (Fsp3) is 0. The van der Waals surface area contributed by atoms with Gasteiger partial charge in [0.1, 0.15) is 5.01 Å². The summed E-state index contributed by atoms with van der Waals surface area (Å²) in [6.07, 6.45) is 0. The number of nitrogens with zero attached hydrogens (tertiary/aromatic N) is 1. The third kappa shape index (κ3) is 1.85. The van der Waals surface area contributed by atoms with E-state index in [9.17, 15) is 0 Å². The van der Waals surface area contributed by atoms with Crippen LogP contribution in [0.15, 0.2) is 23.6 Å². The summed E-state index contributed by atoms with van der Waals surface area (Å²) < 4.78 is 0. The van der Waals surface area contributed by atoms with Crippen molar-refractivity contribution >= 4 is 34.5 Å². The molecule has 0 saturated carbocycles. The third-order valence-corrected chi connectivity index (χ3v) is 3.28. The van der Waals surface area contributed by atoms with Crippen molar-refractivity contribution in [2.24, 2.45) is 0 Å². The smallest absolute Gasteiger partial charge is 0.222 e. The van der Waals surface area contributed by atoms with Gasteiger partial charge in [-0.3, -0.25) is 0 Å². The fourth-order valence-electron chi connectivity index (χ4n) is 1.03. The van der Waals surface area contributed by atoms with E-state index in [0.717, 1.165) is 10.6 Å². The number of hydrogen-bond acceptors (Lipinski definition) is 3. The Morgan fingerprint density at radius 2 is 2.00 bits per heavy atom. The van der Waals surface area contributed by atoms with Crippen LogP contribution in [0.2, 0.25) is 10.0 Å². The molecule has 0 unspecified atom stereocenters. The number of benzene rings is 1. The van der Waals surface area contributed by atoms with E-state index in [0.29, 0.717) is 10.0 Å². The number of halogens is 2. The van der Waals surface area contributed by atoms with Crippen LogP contribution < -0.4 is 0 Å². The van der Waals surface area contributed by atoms with E-state index in [-0.39, 0.29) is 5.88 Å². The summed E-state index contributed by atoms with van der Waals surface area (Å²) in [5, 5.41) is 12.4. The molecule has 0 amide bonds. The average molecular weight is 246 g/mol. The van der Waals surface area contributed by atoms with Gasteiger partial charge in [0, 0.05) is 5.56 Å². The Kier molecular flexibility index (Phi) is 2.63. The van der Waals surface area contributed by atoms with Crippen LogP contribution in [-0.2, 0) is 0 Å². The molecule has 0 saturated heterocycles. The minimum atomic E-state index is 0.0241. The van der Waals surface area contributed by atoms with Crippen molar-refractivity contribution in [1.82, 2.24) is 4.98 Å². The van der Waals surface area contributed by atoms with Crippen LogP contribution in [0.1, 0.15) is 0 Å². The van der Waals surface area contributed by atoms with Crippen LogP contribution in [0.5, 0.6) is 5.88 Å². The monoisotopic (exact) mass is 245 g/mol. The molecule has 5 heteroatoms. The van der Waals surface area contributed by atoms with Gasteiger partial charge in [-0.2, -0.15) is 0 Å². The maximum atomic E-state index is 9.08. The predicted molar refractivity (Wildman–Crippen MR) is 59.2 cm³/mol. The highest BCUT2D eigenvalue weighted by Gasteiger charge is 2.05. The summed E-state index contributed by atoms with van der Waals surface area (Å²) in [5.74, 6) is 0.0241. The molecule has 0 aliphatic heterocycles. The average Bonchev–Trinajstić information content (AvgIpc) is 2.57. The fourth-order valence-corrected chi connectivity index (χ4v) is 2.00. The SMILES string of the molecule is Oc1csc(-c2ccc(Cl)c(Cl)c2)n1. The maximum absolute atomic E-state index is 9.08. The lowest BCUT2D eigenvalue weighted by Gasteiger charge is -1.98. The number of aromatic nitrogens is 1. The number of rotatable bonds is 1. The molecule has 2 rings (SSSR count). The van der Waals surface area contributed by atoms with Gasteiger partial charge in [-0.1, -0.05) is 29.3 Å². The van der Waals surface area contributed by atoms with Crippen molar-refractivity contribution in [3.63, 3.8) is 0 Å². The summed E-state index contributed by atoms with van der Waals surface area (Å²) >= 11 is 13.0. The molecule has 1 N–H and O–H groups in total. The lowest BCUT2D eigenvalue weighted by molar-refractivity contribution is 0.458. The Hall–Kier alpha value is -0.770. The minimum Gasteiger partial charge on any atom is -0.493 e. The van der Waals surface area contributed by atoms with Gasteiger partial charge in [0.2, 0.25) is 5.88 Å². The van der Waals surface area contributed by atoms with E-state index in [1.54, 1.807) is 17.5 Å². The van der Waals surface area contributed by atoms with Gasteiger partial charge in [-0.25, -0.2) is 4.98 Å². The second-order valence-corrected chi connectivity index (χ2v) is 4.31. The Bertz CT molecular complexity index is 470. The molecule has 2 aromatic rings. The molecule has 14 heavy (non-hydrogen) atoms. The molecule has 2 nitrogen and oxygen atoms in total. The van der Waals surface area contributed by atoms with E-state index >= 15 is 0 Å². The topological polar surface area (TPSA) is 33.1 Å². The normalized spacial score (nSPS) is 10.4. The van der Waals surface area contributed by atoms with Crippen molar-refractivity contribution in [2.45, 2.75) is 0 Å². The largest absolute Gasteiger partial charge is 0.493 e. The molecule has 1 aromatic heterocycles. The zero-order chi connectivity index (χ0) is 10.1. The van der Waals surface area contributed by atoms with Gasteiger partial charge in [0.15, 0.2) is 0 Å². The van der Waals surface area contributed by atoms with E-state index in [4.69, 9.17) is 28.3 Å². The van der Waals surface area contributed by atoms with E-state index in [1.807, 2.05) is 6.07 Å². The van der Waals surface area contributed by atoms with Gasteiger partial charge in [0.05, 0.1) is 15.4 Å². The quantitative estimate of drug-likeness (QED) is 0.829. The lowest BCUT2D eigenvalue weighted by Crippen LogP contribution is -1.76. The van der Waals surface area contributed by atoms with Crippen molar-refractivity contribution < 1.29 is 5.11 Å². The summed E-state index contributed by atoms with van der Waals surface area (Å²) in [6.45, 7) is 0. The Balaban J connectivity index is 2.47. The molecule has 1 heterocycles. The van der Waals surface area contributed by atoms with Crippen LogP contribution in [0, 0.1) is 0 Å². The molecule has 0 atom stereocenters. The van der Waals surface area contributed by atoms with Gasteiger partial charge in [-0.15, -0.1) is 11.3 Å². The van der Waals surface area contributed by atoms with Crippen LogP contribution in [0.3, 0.4) is 0 Å². The van der Waals surface area contributed by atoms with Crippen molar-refractivity contribution in [3.8, 4) is 16.5 Å². The highest BCUT2D eigenvalue weighted by Crippen LogP contribution is 2.31. The van der Waals surface area contributed by atoms with Crippen LogP contribution in [-0.4, -0.2) is 10.1 Å². The molecular formula is C9H5Cl2NOS. The van der Waals surface area contributed by atoms with Gasteiger partial charge in [-0.05, 0) is 12.1 Å². The van der Waals surface area contributed by atoms with Gasteiger partial charge >= 0.3 is 0 Å². The zero-order valence-corrected chi connectivity index (χ0v) is 9.20. The first-order valence-corrected chi connectivity index (χ1v) is 5.40. The molecule has 0 bridgehead atoms. The molecule has 0 spiro atoms. The number of thiazole rings is 1. The first-order valence-electron chi connectivity index (χ1n) is 3.77. The lowest BCUT2D eigenvalue weighted by atomic mass is 10.2.